The summed E-state index contributed by atoms with van der Waals surface area (Å²) in [5.41, 5.74) is 1.49. The molecule has 5 heteroatoms. The molecule has 1 rings (SSSR count). The van der Waals surface area contributed by atoms with E-state index < -0.39 is 0 Å². The van der Waals surface area contributed by atoms with Crippen molar-refractivity contribution in [2.45, 2.75) is 6.92 Å². The second-order valence-corrected chi connectivity index (χ2v) is 3.25. The molecule has 0 radical (unpaired) electrons. The minimum atomic E-state index is -0.150. The second kappa shape index (κ2) is 5.98. The van der Waals surface area contributed by atoms with Crippen molar-refractivity contribution in [1.82, 2.24) is 15.5 Å². The minimum Gasteiger partial charge on any atom is -0.375 e. The van der Waals surface area contributed by atoms with E-state index in [1.165, 1.54) is 6.20 Å². The molecule has 1 aromatic heterocycles. The lowest BCUT2D eigenvalue weighted by molar-refractivity contribution is 0.0927. The van der Waals surface area contributed by atoms with Crippen molar-refractivity contribution in [1.29, 1.82) is 0 Å². The van der Waals surface area contributed by atoms with Gasteiger partial charge in [-0.05, 0) is 6.92 Å². The summed E-state index contributed by atoms with van der Waals surface area (Å²) in [6, 6.07) is 0. The number of H-pyrrole nitrogens is 1. The van der Waals surface area contributed by atoms with E-state index in [1.54, 1.807) is 6.20 Å². The van der Waals surface area contributed by atoms with Crippen LogP contribution in [0, 0.1) is 0 Å². The van der Waals surface area contributed by atoms with E-state index in [-0.39, 0.29) is 5.91 Å². The maximum absolute atomic E-state index is 11.4. The number of nitrogens with one attached hydrogen (secondary N) is 2. The van der Waals surface area contributed by atoms with Gasteiger partial charge in [0.25, 0.3) is 5.91 Å². The van der Waals surface area contributed by atoms with Gasteiger partial charge in [0.15, 0.2) is 0 Å². The number of nitrogens with zero attached hydrogens (tertiary/aromatic N) is 1. The average molecular weight is 209 g/mol. The number of rotatable bonds is 6. The number of aromatic nitrogens is 2. The Morgan fingerprint density at radius 2 is 2.53 bits per heavy atom. The monoisotopic (exact) mass is 209 g/mol. The molecule has 0 atom stereocenters. The lowest BCUT2D eigenvalue weighted by Crippen LogP contribution is -2.27. The van der Waals surface area contributed by atoms with E-state index >= 15 is 0 Å². The topological polar surface area (TPSA) is 67.0 Å². The highest BCUT2D eigenvalue weighted by atomic mass is 16.5. The van der Waals surface area contributed by atoms with Gasteiger partial charge in [-0.25, -0.2) is 0 Å². The first-order valence-corrected chi connectivity index (χ1v) is 4.69. The van der Waals surface area contributed by atoms with Crippen LogP contribution in [0.1, 0.15) is 17.3 Å². The maximum Gasteiger partial charge on any atom is 0.254 e. The number of carbonyl (C=O) groups excluding carboxylic acids is 1. The average Bonchev–Trinajstić information content (AvgIpc) is 2.69. The molecular weight excluding hydrogens is 194 g/mol. The zero-order valence-electron chi connectivity index (χ0n) is 8.75. The van der Waals surface area contributed by atoms with Crippen molar-refractivity contribution in [2.24, 2.45) is 0 Å². The molecule has 15 heavy (non-hydrogen) atoms. The molecule has 0 fully saturated rings. The van der Waals surface area contributed by atoms with Crippen LogP contribution in [-0.4, -0.2) is 35.9 Å². The molecule has 82 valence electrons. The largest absolute Gasteiger partial charge is 0.375 e. The lowest BCUT2D eigenvalue weighted by Gasteiger charge is -2.04. The second-order valence-electron chi connectivity index (χ2n) is 3.25. The van der Waals surface area contributed by atoms with E-state index in [4.69, 9.17) is 4.74 Å². The first-order chi connectivity index (χ1) is 7.20. The molecule has 1 amide bonds. The van der Waals surface area contributed by atoms with E-state index in [2.05, 4.69) is 22.1 Å². The Kier molecular flexibility index (Phi) is 4.56. The zero-order valence-corrected chi connectivity index (χ0v) is 8.75. The minimum absolute atomic E-state index is 0.150. The molecular formula is C10H15N3O2. The molecule has 0 aliphatic rings. The van der Waals surface area contributed by atoms with Crippen molar-refractivity contribution < 1.29 is 9.53 Å². The van der Waals surface area contributed by atoms with Gasteiger partial charge < -0.3 is 10.1 Å². The van der Waals surface area contributed by atoms with Gasteiger partial charge in [0.2, 0.25) is 0 Å². The molecule has 1 heterocycles. The summed E-state index contributed by atoms with van der Waals surface area (Å²) < 4.78 is 5.23. The smallest absolute Gasteiger partial charge is 0.254 e. The Bertz CT molecular complexity index is 319. The van der Waals surface area contributed by atoms with E-state index in [9.17, 15) is 4.79 Å². The molecule has 0 aromatic carbocycles. The van der Waals surface area contributed by atoms with Crippen molar-refractivity contribution in [2.75, 3.05) is 19.8 Å². The summed E-state index contributed by atoms with van der Waals surface area (Å²) in [5.74, 6) is -0.150. The number of aromatic amines is 1. The molecule has 5 nitrogen and oxygen atoms in total. The van der Waals surface area contributed by atoms with Gasteiger partial charge in [0.1, 0.15) is 0 Å². The third-order valence-electron chi connectivity index (χ3n) is 1.64. The van der Waals surface area contributed by atoms with Crippen molar-refractivity contribution in [3.63, 3.8) is 0 Å². The highest BCUT2D eigenvalue weighted by Gasteiger charge is 2.04. The number of ether oxygens (including phenoxy) is 1. The van der Waals surface area contributed by atoms with Crippen LogP contribution in [0.2, 0.25) is 0 Å². The van der Waals surface area contributed by atoms with Crippen molar-refractivity contribution in [3.8, 4) is 0 Å². The number of carbonyl (C=O) groups is 1. The third-order valence-corrected chi connectivity index (χ3v) is 1.64. The van der Waals surface area contributed by atoms with Gasteiger partial charge in [-0.1, -0.05) is 12.2 Å². The summed E-state index contributed by atoms with van der Waals surface area (Å²) in [7, 11) is 0. The van der Waals surface area contributed by atoms with Crippen LogP contribution >= 0.6 is 0 Å². The summed E-state index contributed by atoms with van der Waals surface area (Å²) in [4.78, 5) is 11.4. The van der Waals surface area contributed by atoms with Gasteiger partial charge in [-0.3, -0.25) is 9.89 Å². The zero-order chi connectivity index (χ0) is 11.1. The number of hydrogen-bond acceptors (Lipinski definition) is 3. The van der Waals surface area contributed by atoms with E-state index in [1.807, 2.05) is 6.92 Å². The predicted octanol–water partition coefficient (Wildman–Crippen LogP) is 0.732. The van der Waals surface area contributed by atoms with Crippen LogP contribution in [-0.2, 0) is 4.74 Å². The van der Waals surface area contributed by atoms with Crippen LogP contribution < -0.4 is 5.32 Å². The van der Waals surface area contributed by atoms with Crippen LogP contribution in [0.15, 0.2) is 24.5 Å². The fraction of sp³-hybridized carbons (Fsp3) is 0.400. The van der Waals surface area contributed by atoms with Crippen molar-refractivity contribution >= 4 is 5.91 Å². The molecule has 0 saturated heterocycles. The Morgan fingerprint density at radius 1 is 1.73 bits per heavy atom. The molecule has 0 saturated carbocycles. The SMILES string of the molecule is C=C(C)COCCNC(=O)c1cn[nH]c1. The molecule has 1 aromatic rings. The lowest BCUT2D eigenvalue weighted by atomic mass is 10.3. The Balaban J connectivity index is 2.10. The summed E-state index contributed by atoms with van der Waals surface area (Å²) >= 11 is 0. The van der Waals surface area contributed by atoms with Gasteiger partial charge in [-0.15, -0.1) is 0 Å². The Morgan fingerprint density at radius 3 is 3.13 bits per heavy atom. The first kappa shape index (κ1) is 11.5. The normalized spacial score (nSPS) is 9.93. The molecule has 2 N–H and O–H groups in total. The Hall–Kier alpha value is -1.62. The molecule has 0 spiro atoms. The predicted molar refractivity (Wildman–Crippen MR) is 56.6 cm³/mol. The summed E-state index contributed by atoms with van der Waals surface area (Å²) in [5, 5.41) is 8.96. The quantitative estimate of drug-likeness (QED) is 0.536. The molecule has 0 aliphatic carbocycles. The van der Waals surface area contributed by atoms with Gasteiger partial charge >= 0.3 is 0 Å². The number of hydrogen-bond donors (Lipinski definition) is 2. The van der Waals surface area contributed by atoms with Crippen LogP contribution in [0.25, 0.3) is 0 Å². The van der Waals surface area contributed by atoms with Gasteiger partial charge in [-0.2, -0.15) is 5.10 Å². The van der Waals surface area contributed by atoms with Gasteiger partial charge in [0, 0.05) is 12.7 Å². The highest BCUT2D eigenvalue weighted by Crippen LogP contribution is 1.92. The van der Waals surface area contributed by atoms with Crippen LogP contribution in [0.3, 0.4) is 0 Å². The van der Waals surface area contributed by atoms with Crippen LogP contribution in [0.5, 0.6) is 0 Å². The maximum atomic E-state index is 11.4. The number of amides is 1. The first-order valence-electron chi connectivity index (χ1n) is 4.69. The van der Waals surface area contributed by atoms with Gasteiger partial charge in [0.05, 0.1) is 25.0 Å². The van der Waals surface area contributed by atoms with E-state index in [0.717, 1.165) is 5.57 Å². The standard InChI is InChI=1S/C10H15N3O2/c1-8(2)7-15-4-3-11-10(14)9-5-12-13-6-9/h5-6H,1,3-4,7H2,2H3,(H,11,14)(H,12,13). The fourth-order valence-electron chi connectivity index (χ4n) is 0.960. The molecule has 0 unspecified atom stereocenters. The van der Waals surface area contributed by atoms with Crippen LogP contribution in [0.4, 0.5) is 0 Å². The summed E-state index contributed by atoms with van der Waals surface area (Å²) in [6.45, 7) is 7.09. The third kappa shape index (κ3) is 4.42. The van der Waals surface area contributed by atoms with E-state index in [0.29, 0.717) is 25.3 Å². The highest BCUT2D eigenvalue weighted by molar-refractivity contribution is 5.93. The fourth-order valence-corrected chi connectivity index (χ4v) is 0.960. The summed E-state index contributed by atoms with van der Waals surface area (Å²) in [6.07, 6.45) is 3.02. The Labute approximate surface area is 88.5 Å². The van der Waals surface area contributed by atoms with Crippen molar-refractivity contribution in [3.05, 3.63) is 30.1 Å². The molecule has 0 bridgehead atoms. The molecule has 0 aliphatic heterocycles.